The van der Waals surface area contributed by atoms with Crippen molar-refractivity contribution >= 4 is 5.91 Å². The van der Waals surface area contributed by atoms with Gasteiger partial charge in [-0.05, 0) is 30.0 Å². The van der Waals surface area contributed by atoms with Gasteiger partial charge in [0.2, 0.25) is 5.91 Å². The fourth-order valence-corrected chi connectivity index (χ4v) is 1.80. The van der Waals surface area contributed by atoms with Gasteiger partial charge in [0.15, 0.2) is 0 Å². The summed E-state index contributed by atoms with van der Waals surface area (Å²) in [6.07, 6.45) is 1.07. The maximum atomic E-state index is 12.8. The highest BCUT2D eigenvalue weighted by Gasteiger charge is 2.16. The number of rotatable bonds is 7. The number of halogens is 1. The molecule has 3 nitrogen and oxygen atoms in total. The van der Waals surface area contributed by atoms with Gasteiger partial charge in [0, 0.05) is 19.6 Å². The summed E-state index contributed by atoms with van der Waals surface area (Å²) in [5.41, 5.74) is 1.02. The molecule has 0 fully saturated rings. The molecule has 0 bridgehead atoms. The van der Waals surface area contributed by atoms with Crippen molar-refractivity contribution in [2.45, 2.75) is 32.7 Å². The van der Waals surface area contributed by atoms with Crippen molar-refractivity contribution in [2.75, 3.05) is 13.7 Å². The third-order valence-electron chi connectivity index (χ3n) is 3.05. The highest BCUT2D eigenvalue weighted by Crippen LogP contribution is 2.11. The minimum absolute atomic E-state index is 0.0114. The van der Waals surface area contributed by atoms with Crippen LogP contribution in [0.3, 0.4) is 0 Å². The third kappa shape index (κ3) is 5.83. The molecule has 0 saturated heterocycles. The molecule has 4 heteroatoms. The standard InChI is InChI=1S/C15H22FNO2/c1-11(2)14(17-15(18)8-9-19-3)10-12-4-6-13(16)7-5-12/h4-7,11,14H,8-10H2,1-3H3,(H,17,18). The number of carbonyl (C=O) groups excluding carboxylic acids is 1. The van der Waals surface area contributed by atoms with Gasteiger partial charge in [0.05, 0.1) is 6.61 Å². The van der Waals surface area contributed by atoms with Gasteiger partial charge in [0.25, 0.3) is 0 Å². The van der Waals surface area contributed by atoms with Crippen molar-refractivity contribution in [3.05, 3.63) is 35.6 Å². The molecule has 0 aliphatic carbocycles. The van der Waals surface area contributed by atoms with Crippen LogP contribution in [0.1, 0.15) is 25.8 Å². The molecule has 0 aromatic heterocycles. The summed E-state index contributed by atoms with van der Waals surface area (Å²) in [7, 11) is 1.58. The Bertz CT molecular complexity index is 390. The van der Waals surface area contributed by atoms with Gasteiger partial charge in [-0.15, -0.1) is 0 Å². The summed E-state index contributed by atoms with van der Waals surface area (Å²) in [4.78, 5) is 11.7. The second-order valence-corrected chi connectivity index (χ2v) is 4.99. The van der Waals surface area contributed by atoms with Crippen LogP contribution in [-0.4, -0.2) is 25.7 Å². The number of hydrogen-bond acceptors (Lipinski definition) is 2. The Labute approximate surface area is 114 Å². The first kappa shape index (κ1) is 15.6. The molecule has 1 rings (SSSR count). The normalized spacial score (nSPS) is 12.5. The summed E-state index contributed by atoms with van der Waals surface area (Å²) < 4.78 is 17.7. The largest absolute Gasteiger partial charge is 0.384 e. The Morgan fingerprint density at radius 2 is 1.95 bits per heavy atom. The van der Waals surface area contributed by atoms with Gasteiger partial charge in [-0.25, -0.2) is 4.39 Å². The number of ether oxygens (including phenoxy) is 1. The van der Waals surface area contributed by atoms with Crippen LogP contribution >= 0.6 is 0 Å². The molecule has 0 radical (unpaired) electrons. The second-order valence-electron chi connectivity index (χ2n) is 4.99. The van der Waals surface area contributed by atoms with E-state index < -0.39 is 0 Å². The van der Waals surface area contributed by atoms with Crippen LogP contribution in [0.15, 0.2) is 24.3 Å². The van der Waals surface area contributed by atoms with E-state index in [9.17, 15) is 9.18 Å². The average molecular weight is 267 g/mol. The molecule has 0 spiro atoms. The molecule has 0 heterocycles. The summed E-state index contributed by atoms with van der Waals surface area (Å²) in [5.74, 6) is 0.0631. The van der Waals surface area contributed by atoms with Crippen LogP contribution in [0.4, 0.5) is 4.39 Å². The highest BCUT2D eigenvalue weighted by atomic mass is 19.1. The van der Waals surface area contributed by atoms with Crippen LogP contribution in [0.5, 0.6) is 0 Å². The first-order valence-electron chi connectivity index (χ1n) is 6.55. The fraction of sp³-hybridized carbons (Fsp3) is 0.533. The zero-order valence-corrected chi connectivity index (χ0v) is 11.8. The molecular formula is C15H22FNO2. The van der Waals surface area contributed by atoms with Crippen molar-refractivity contribution < 1.29 is 13.9 Å². The van der Waals surface area contributed by atoms with Crippen LogP contribution < -0.4 is 5.32 Å². The van der Waals surface area contributed by atoms with Gasteiger partial charge in [-0.2, -0.15) is 0 Å². The Hall–Kier alpha value is -1.42. The lowest BCUT2D eigenvalue weighted by molar-refractivity contribution is -0.122. The Balaban J connectivity index is 2.57. The maximum absolute atomic E-state index is 12.8. The van der Waals surface area contributed by atoms with Crippen molar-refractivity contribution in [1.29, 1.82) is 0 Å². The highest BCUT2D eigenvalue weighted by molar-refractivity contribution is 5.76. The number of nitrogens with one attached hydrogen (secondary N) is 1. The molecule has 0 aliphatic rings. The molecule has 0 aliphatic heterocycles. The molecule has 1 aromatic carbocycles. The van der Waals surface area contributed by atoms with Gasteiger partial charge < -0.3 is 10.1 Å². The molecule has 1 aromatic rings. The quantitative estimate of drug-likeness (QED) is 0.824. The minimum atomic E-state index is -0.242. The summed E-state index contributed by atoms with van der Waals surface area (Å²) in [5, 5.41) is 3.00. The van der Waals surface area contributed by atoms with Gasteiger partial charge in [-0.3, -0.25) is 4.79 Å². The summed E-state index contributed by atoms with van der Waals surface area (Å²) in [6.45, 7) is 4.54. The molecule has 1 unspecified atom stereocenters. The summed E-state index contributed by atoms with van der Waals surface area (Å²) >= 11 is 0. The first-order valence-corrected chi connectivity index (χ1v) is 6.55. The van der Waals surface area contributed by atoms with Gasteiger partial charge >= 0.3 is 0 Å². The van der Waals surface area contributed by atoms with Crippen molar-refractivity contribution in [3.63, 3.8) is 0 Å². The van der Waals surface area contributed by atoms with Crippen molar-refractivity contribution in [1.82, 2.24) is 5.32 Å². The van der Waals surface area contributed by atoms with E-state index in [1.165, 1.54) is 12.1 Å². The van der Waals surface area contributed by atoms with Crippen LogP contribution in [0.25, 0.3) is 0 Å². The molecule has 19 heavy (non-hydrogen) atoms. The van der Waals surface area contributed by atoms with Crippen molar-refractivity contribution in [2.24, 2.45) is 5.92 Å². The SMILES string of the molecule is COCCC(=O)NC(Cc1ccc(F)cc1)C(C)C. The van der Waals surface area contributed by atoms with E-state index in [2.05, 4.69) is 19.2 Å². The topological polar surface area (TPSA) is 38.3 Å². The third-order valence-corrected chi connectivity index (χ3v) is 3.05. The van der Waals surface area contributed by atoms with Gasteiger partial charge in [-0.1, -0.05) is 26.0 Å². The Morgan fingerprint density at radius 3 is 2.47 bits per heavy atom. The molecular weight excluding hydrogens is 245 g/mol. The number of benzene rings is 1. The van der Waals surface area contributed by atoms with E-state index in [-0.39, 0.29) is 17.8 Å². The number of methoxy groups -OCH3 is 1. The first-order chi connectivity index (χ1) is 9.02. The lowest BCUT2D eigenvalue weighted by atomic mass is 9.96. The predicted octanol–water partition coefficient (Wildman–Crippen LogP) is 2.55. The van der Waals surface area contributed by atoms with Crippen LogP contribution in [0.2, 0.25) is 0 Å². The molecule has 106 valence electrons. The van der Waals surface area contributed by atoms with E-state index in [0.29, 0.717) is 25.4 Å². The fourth-order valence-electron chi connectivity index (χ4n) is 1.80. The minimum Gasteiger partial charge on any atom is -0.384 e. The average Bonchev–Trinajstić information content (AvgIpc) is 2.38. The van der Waals surface area contributed by atoms with Crippen molar-refractivity contribution in [3.8, 4) is 0 Å². The number of amides is 1. The van der Waals surface area contributed by atoms with E-state index >= 15 is 0 Å². The van der Waals surface area contributed by atoms with E-state index in [4.69, 9.17) is 4.74 Å². The maximum Gasteiger partial charge on any atom is 0.222 e. The zero-order valence-electron chi connectivity index (χ0n) is 11.8. The lowest BCUT2D eigenvalue weighted by Crippen LogP contribution is -2.40. The van der Waals surface area contributed by atoms with E-state index in [1.54, 1.807) is 19.2 Å². The monoisotopic (exact) mass is 267 g/mol. The predicted molar refractivity (Wildman–Crippen MR) is 73.4 cm³/mol. The Morgan fingerprint density at radius 1 is 1.32 bits per heavy atom. The zero-order chi connectivity index (χ0) is 14.3. The lowest BCUT2D eigenvalue weighted by Gasteiger charge is -2.22. The van der Waals surface area contributed by atoms with E-state index in [0.717, 1.165) is 5.56 Å². The smallest absolute Gasteiger partial charge is 0.222 e. The van der Waals surface area contributed by atoms with Gasteiger partial charge in [0.1, 0.15) is 5.82 Å². The van der Waals surface area contributed by atoms with Crippen LogP contribution in [-0.2, 0) is 16.0 Å². The summed E-state index contributed by atoms with van der Waals surface area (Å²) in [6, 6.07) is 6.45. The Kier molecular flexibility index (Phi) is 6.50. The number of carbonyl (C=O) groups is 1. The molecule has 1 amide bonds. The number of hydrogen-bond donors (Lipinski definition) is 1. The van der Waals surface area contributed by atoms with E-state index in [1.807, 2.05) is 0 Å². The molecule has 1 atom stereocenters. The molecule has 1 N–H and O–H groups in total. The van der Waals surface area contributed by atoms with Crippen LogP contribution in [0, 0.1) is 11.7 Å². The molecule has 0 saturated carbocycles. The second kappa shape index (κ2) is 7.89.